The smallest absolute Gasteiger partial charge is 0.250 e. The van der Waals surface area contributed by atoms with Gasteiger partial charge in [-0.05, 0) is 46.5 Å². The zero-order valence-electron chi connectivity index (χ0n) is 12.0. The standard InChI is InChI=1S/C12H22N2O3S2/c1-9-6-11(18-10(9)7-15)19(16,17)13-8-12(2,3)14(4)5/h6,13,15H,7-8H2,1-5H3. The number of nitrogens with one attached hydrogen (secondary N) is 1. The van der Waals surface area contributed by atoms with Crippen molar-refractivity contribution in [2.75, 3.05) is 20.6 Å². The van der Waals surface area contributed by atoms with Crippen LogP contribution in [0.15, 0.2) is 10.3 Å². The fraction of sp³-hybridized carbons (Fsp3) is 0.667. The van der Waals surface area contributed by atoms with Crippen molar-refractivity contribution in [1.82, 2.24) is 9.62 Å². The van der Waals surface area contributed by atoms with Crippen molar-refractivity contribution in [1.29, 1.82) is 0 Å². The Balaban J connectivity index is 2.87. The third kappa shape index (κ3) is 4.00. The average Bonchev–Trinajstić information content (AvgIpc) is 2.69. The minimum absolute atomic E-state index is 0.130. The molecule has 5 nitrogen and oxygen atoms in total. The Morgan fingerprint density at radius 2 is 2.00 bits per heavy atom. The van der Waals surface area contributed by atoms with Crippen LogP contribution in [0.25, 0.3) is 0 Å². The van der Waals surface area contributed by atoms with E-state index in [1.807, 2.05) is 32.8 Å². The number of hydrogen-bond donors (Lipinski definition) is 2. The van der Waals surface area contributed by atoms with E-state index in [1.54, 1.807) is 13.0 Å². The van der Waals surface area contributed by atoms with Gasteiger partial charge in [-0.25, -0.2) is 13.1 Å². The molecule has 1 heterocycles. The maximum Gasteiger partial charge on any atom is 0.250 e. The molecule has 1 aromatic rings. The molecule has 1 aromatic heterocycles. The minimum Gasteiger partial charge on any atom is -0.391 e. The van der Waals surface area contributed by atoms with Crippen molar-refractivity contribution in [2.45, 2.75) is 37.1 Å². The zero-order chi connectivity index (χ0) is 14.8. The monoisotopic (exact) mass is 306 g/mol. The summed E-state index contributed by atoms with van der Waals surface area (Å²) in [5, 5.41) is 9.12. The maximum absolute atomic E-state index is 12.2. The highest BCUT2D eigenvalue weighted by molar-refractivity contribution is 7.91. The first kappa shape index (κ1) is 16.6. The Morgan fingerprint density at radius 1 is 1.42 bits per heavy atom. The molecule has 0 atom stereocenters. The lowest BCUT2D eigenvalue weighted by Gasteiger charge is -2.32. The third-order valence-corrected chi connectivity index (χ3v) is 6.41. The molecule has 0 bridgehead atoms. The van der Waals surface area contributed by atoms with E-state index in [9.17, 15) is 8.42 Å². The van der Waals surface area contributed by atoms with Crippen LogP contribution in [0.3, 0.4) is 0 Å². The molecule has 0 amide bonds. The third-order valence-electron chi connectivity index (χ3n) is 3.31. The zero-order valence-corrected chi connectivity index (χ0v) is 13.7. The predicted molar refractivity (Wildman–Crippen MR) is 77.9 cm³/mol. The van der Waals surface area contributed by atoms with Gasteiger partial charge >= 0.3 is 0 Å². The van der Waals surface area contributed by atoms with E-state index >= 15 is 0 Å². The Labute approximate surface area is 119 Å². The molecule has 0 radical (unpaired) electrons. The summed E-state index contributed by atoms with van der Waals surface area (Å²) in [6, 6.07) is 1.60. The lowest BCUT2D eigenvalue weighted by molar-refractivity contribution is 0.199. The van der Waals surface area contributed by atoms with Crippen molar-refractivity contribution in [3.8, 4) is 0 Å². The Bertz CT molecular complexity index is 533. The van der Waals surface area contributed by atoms with Crippen molar-refractivity contribution < 1.29 is 13.5 Å². The minimum atomic E-state index is -3.51. The largest absolute Gasteiger partial charge is 0.391 e. The quantitative estimate of drug-likeness (QED) is 0.828. The first-order valence-electron chi connectivity index (χ1n) is 5.97. The van der Waals surface area contributed by atoms with Gasteiger partial charge in [0.05, 0.1) is 6.61 Å². The number of aryl methyl sites for hydroxylation is 1. The molecule has 0 aromatic carbocycles. The van der Waals surface area contributed by atoms with Crippen LogP contribution in [0.2, 0.25) is 0 Å². The van der Waals surface area contributed by atoms with Gasteiger partial charge in [-0.3, -0.25) is 0 Å². The lowest BCUT2D eigenvalue weighted by atomic mass is 10.1. The molecule has 0 saturated heterocycles. The molecule has 0 unspecified atom stereocenters. The van der Waals surface area contributed by atoms with Gasteiger partial charge in [0.2, 0.25) is 10.0 Å². The van der Waals surface area contributed by atoms with Crippen LogP contribution in [0.5, 0.6) is 0 Å². The molecule has 7 heteroatoms. The van der Waals surface area contributed by atoms with Crippen LogP contribution in [-0.4, -0.2) is 44.6 Å². The number of hydrogen-bond acceptors (Lipinski definition) is 5. The summed E-state index contributed by atoms with van der Waals surface area (Å²) < 4.78 is 27.2. The number of likely N-dealkylation sites (N-methyl/N-ethyl adjacent to an activating group) is 1. The summed E-state index contributed by atoms with van der Waals surface area (Å²) in [6.45, 7) is 5.93. The van der Waals surface area contributed by atoms with Crippen LogP contribution < -0.4 is 4.72 Å². The van der Waals surface area contributed by atoms with Gasteiger partial charge in [0.15, 0.2) is 0 Å². The second-order valence-corrected chi connectivity index (χ2v) is 8.49. The molecular weight excluding hydrogens is 284 g/mol. The van der Waals surface area contributed by atoms with Gasteiger partial charge in [0, 0.05) is 17.0 Å². The number of sulfonamides is 1. The Hall–Kier alpha value is -0.470. The van der Waals surface area contributed by atoms with Gasteiger partial charge < -0.3 is 10.0 Å². The van der Waals surface area contributed by atoms with Gasteiger partial charge in [-0.15, -0.1) is 11.3 Å². The molecule has 0 aliphatic rings. The summed E-state index contributed by atoms with van der Waals surface area (Å²) in [7, 11) is 0.312. The van der Waals surface area contributed by atoms with Crippen molar-refractivity contribution >= 4 is 21.4 Å². The Morgan fingerprint density at radius 3 is 2.42 bits per heavy atom. The molecule has 0 aliphatic heterocycles. The molecule has 0 fully saturated rings. The average molecular weight is 306 g/mol. The molecule has 1 rings (SSSR count). The fourth-order valence-corrected chi connectivity index (χ4v) is 3.98. The van der Waals surface area contributed by atoms with Gasteiger partial charge in [-0.1, -0.05) is 0 Å². The molecule has 19 heavy (non-hydrogen) atoms. The van der Waals surface area contributed by atoms with Crippen LogP contribution in [0.4, 0.5) is 0 Å². The van der Waals surface area contributed by atoms with Crippen LogP contribution in [0.1, 0.15) is 24.3 Å². The topological polar surface area (TPSA) is 69.6 Å². The number of thiophene rings is 1. The molecular formula is C12H22N2O3S2. The molecule has 0 spiro atoms. The summed E-state index contributed by atoms with van der Waals surface area (Å²) in [5.41, 5.74) is 0.541. The summed E-state index contributed by atoms with van der Waals surface area (Å²) in [6.07, 6.45) is 0. The molecule has 0 aliphatic carbocycles. The molecule has 0 saturated carbocycles. The van der Waals surface area contributed by atoms with Crippen molar-refractivity contribution in [2.24, 2.45) is 0 Å². The first-order chi connectivity index (χ1) is 8.60. The summed E-state index contributed by atoms with van der Waals surface area (Å²) in [5.74, 6) is 0. The van der Waals surface area contributed by atoms with Crippen molar-refractivity contribution in [3.05, 3.63) is 16.5 Å². The Kier molecular flexibility index (Phi) is 5.14. The predicted octanol–water partition coefficient (Wildman–Crippen LogP) is 1.17. The van der Waals surface area contributed by atoms with E-state index in [2.05, 4.69) is 4.72 Å². The van der Waals surface area contributed by atoms with Gasteiger partial charge in [0.1, 0.15) is 4.21 Å². The van der Waals surface area contributed by atoms with E-state index in [0.29, 0.717) is 11.4 Å². The highest BCUT2D eigenvalue weighted by Gasteiger charge is 2.25. The second-order valence-electron chi connectivity index (χ2n) is 5.36. The highest BCUT2D eigenvalue weighted by Crippen LogP contribution is 2.26. The lowest BCUT2D eigenvalue weighted by Crippen LogP contribution is -2.48. The molecule has 2 N–H and O–H groups in total. The van der Waals surface area contributed by atoms with Crippen LogP contribution >= 0.6 is 11.3 Å². The van der Waals surface area contributed by atoms with E-state index < -0.39 is 10.0 Å². The van der Waals surface area contributed by atoms with Gasteiger partial charge in [-0.2, -0.15) is 0 Å². The summed E-state index contributed by atoms with van der Waals surface area (Å²) >= 11 is 1.11. The van der Waals surface area contributed by atoms with E-state index in [0.717, 1.165) is 16.9 Å². The number of aliphatic hydroxyl groups is 1. The number of aliphatic hydroxyl groups excluding tert-OH is 1. The second kappa shape index (κ2) is 5.88. The molecule has 110 valence electrons. The first-order valence-corrected chi connectivity index (χ1v) is 8.27. The van der Waals surface area contributed by atoms with Crippen molar-refractivity contribution in [3.63, 3.8) is 0 Å². The van der Waals surface area contributed by atoms with Gasteiger partial charge in [0.25, 0.3) is 0 Å². The van der Waals surface area contributed by atoms with E-state index in [-0.39, 0.29) is 16.4 Å². The maximum atomic E-state index is 12.2. The SMILES string of the molecule is Cc1cc(S(=O)(=O)NCC(C)(C)N(C)C)sc1CO. The van der Waals surface area contributed by atoms with Crippen LogP contribution in [0, 0.1) is 6.92 Å². The van der Waals surface area contributed by atoms with E-state index in [4.69, 9.17) is 5.11 Å². The summed E-state index contributed by atoms with van der Waals surface area (Å²) in [4.78, 5) is 2.65. The number of rotatable bonds is 6. The fourth-order valence-electron chi connectivity index (χ4n) is 1.28. The number of nitrogens with zero attached hydrogens (tertiary/aromatic N) is 1. The van der Waals surface area contributed by atoms with Crippen LogP contribution in [-0.2, 0) is 16.6 Å². The van der Waals surface area contributed by atoms with E-state index in [1.165, 1.54) is 0 Å². The highest BCUT2D eigenvalue weighted by atomic mass is 32.2. The normalized spacial score (nSPS) is 13.2.